The standard InChI is InChI=1S/C16H11F3N2O4S/c1-8(15(22)20-11-7-6-10(17)13(18)14(11)19)21-16(23)9-4-2-3-5-12(9)26(21,24)25/h2-8H,1H3,(H,20,22). The molecule has 0 saturated carbocycles. The average molecular weight is 384 g/mol. The summed E-state index contributed by atoms with van der Waals surface area (Å²) in [6, 6.07) is 5.26. The van der Waals surface area contributed by atoms with Gasteiger partial charge in [0, 0.05) is 0 Å². The van der Waals surface area contributed by atoms with Crippen molar-refractivity contribution in [1.29, 1.82) is 0 Å². The van der Waals surface area contributed by atoms with E-state index < -0.39 is 51.0 Å². The molecular weight excluding hydrogens is 373 g/mol. The number of anilines is 1. The summed E-state index contributed by atoms with van der Waals surface area (Å²) in [6.45, 7) is 1.12. The van der Waals surface area contributed by atoms with Gasteiger partial charge in [-0.15, -0.1) is 0 Å². The molecule has 2 amide bonds. The van der Waals surface area contributed by atoms with Crippen molar-refractivity contribution in [3.63, 3.8) is 0 Å². The Balaban J connectivity index is 1.91. The fraction of sp³-hybridized carbons (Fsp3) is 0.125. The van der Waals surface area contributed by atoms with Crippen molar-refractivity contribution in [2.75, 3.05) is 5.32 Å². The lowest BCUT2D eigenvalue weighted by Crippen LogP contribution is -2.45. The number of amides is 2. The second-order valence-electron chi connectivity index (χ2n) is 5.49. The van der Waals surface area contributed by atoms with Gasteiger partial charge in [0.05, 0.1) is 11.3 Å². The van der Waals surface area contributed by atoms with Crippen LogP contribution in [0.15, 0.2) is 41.3 Å². The van der Waals surface area contributed by atoms with Gasteiger partial charge in [-0.2, -0.15) is 0 Å². The molecule has 3 rings (SSSR count). The number of carbonyl (C=O) groups is 2. The third-order valence-corrected chi connectivity index (χ3v) is 5.79. The first-order valence-corrected chi connectivity index (χ1v) is 8.72. The molecule has 2 aromatic carbocycles. The Morgan fingerprint density at radius 2 is 1.73 bits per heavy atom. The number of carbonyl (C=O) groups excluding carboxylic acids is 2. The van der Waals surface area contributed by atoms with E-state index in [-0.39, 0.29) is 10.5 Å². The highest BCUT2D eigenvalue weighted by Crippen LogP contribution is 2.32. The lowest BCUT2D eigenvalue weighted by Gasteiger charge is -2.22. The first kappa shape index (κ1) is 17.9. The number of fused-ring (bicyclic) bond motifs is 1. The SMILES string of the molecule is CC(C(=O)Nc1ccc(F)c(F)c1F)N1C(=O)c2ccccc2S1(=O)=O. The predicted molar refractivity (Wildman–Crippen MR) is 84.2 cm³/mol. The number of sulfonamides is 1. The summed E-state index contributed by atoms with van der Waals surface area (Å²) in [5.41, 5.74) is -0.770. The Kier molecular flexibility index (Phi) is 4.23. The van der Waals surface area contributed by atoms with E-state index in [4.69, 9.17) is 0 Å². The van der Waals surface area contributed by atoms with Crippen molar-refractivity contribution in [2.45, 2.75) is 17.9 Å². The van der Waals surface area contributed by atoms with Crippen molar-refractivity contribution < 1.29 is 31.2 Å². The van der Waals surface area contributed by atoms with Crippen molar-refractivity contribution in [3.05, 3.63) is 59.4 Å². The molecule has 0 fully saturated rings. The van der Waals surface area contributed by atoms with Crippen LogP contribution in [0, 0.1) is 17.5 Å². The maximum absolute atomic E-state index is 13.7. The molecule has 0 bridgehead atoms. The smallest absolute Gasteiger partial charge is 0.269 e. The van der Waals surface area contributed by atoms with Crippen LogP contribution < -0.4 is 5.32 Å². The molecule has 1 aliphatic heterocycles. The zero-order chi connectivity index (χ0) is 19.2. The van der Waals surface area contributed by atoms with E-state index >= 15 is 0 Å². The van der Waals surface area contributed by atoms with Crippen LogP contribution in [0.1, 0.15) is 17.3 Å². The summed E-state index contributed by atoms with van der Waals surface area (Å²) >= 11 is 0. The predicted octanol–water partition coefficient (Wildman–Crippen LogP) is 2.28. The van der Waals surface area contributed by atoms with E-state index in [2.05, 4.69) is 0 Å². The molecule has 0 aromatic heterocycles. The normalized spacial score (nSPS) is 16.3. The number of rotatable bonds is 3. The van der Waals surface area contributed by atoms with Gasteiger partial charge in [0.1, 0.15) is 10.9 Å². The Morgan fingerprint density at radius 1 is 1.08 bits per heavy atom. The minimum atomic E-state index is -4.26. The number of halogens is 3. The van der Waals surface area contributed by atoms with Crippen LogP contribution in [-0.2, 0) is 14.8 Å². The van der Waals surface area contributed by atoms with Crippen LogP contribution in [0.2, 0.25) is 0 Å². The summed E-state index contributed by atoms with van der Waals surface area (Å²) in [4.78, 5) is 24.4. The number of benzene rings is 2. The van der Waals surface area contributed by atoms with Gasteiger partial charge in [0.15, 0.2) is 17.5 Å². The summed E-state index contributed by atoms with van der Waals surface area (Å²) < 4.78 is 65.2. The molecule has 0 aliphatic carbocycles. The second-order valence-corrected chi connectivity index (χ2v) is 7.27. The molecule has 1 unspecified atom stereocenters. The third-order valence-electron chi connectivity index (χ3n) is 3.88. The molecule has 10 heteroatoms. The highest BCUT2D eigenvalue weighted by Gasteiger charge is 2.45. The Labute approximate surface area is 146 Å². The van der Waals surface area contributed by atoms with Crippen molar-refractivity contribution in [2.24, 2.45) is 0 Å². The maximum Gasteiger partial charge on any atom is 0.269 e. The quantitative estimate of drug-likeness (QED) is 0.823. The van der Waals surface area contributed by atoms with Gasteiger partial charge >= 0.3 is 0 Å². The monoisotopic (exact) mass is 384 g/mol. The van der Waals surface area contributed by atoms with Crippen molar-refractivity contribution in [3.8, 4) is 0 Å². The van der Waals surface area contributed by atoms with E-state index in [1.54, 1.807) is 0 Å². The Morgan fingerprint density at radius 3 is 2.38 bits per heavy atom. The Hall–Kier alpha value is -2.88. The van der Waals surface area contributed by atoms with E-state index in [1.165, 1.54) is 24.3 Å². The number of nitrogens with zero attached hydrogens (tertiary/aromatic N) is 1. The molecule has 1 atom stereocenters. The van der Waals surface area contributed by atoms with Crippen LogP contribution in [0.5, 0.6) is 0 Å². The first-order chi connectivity index (χ1) is 12.2. The largest absolute Gasteiger partial charge is 0.322 e. The Bertz CT molecular complexity index is 1040. The van der Waals surface area contributed by atoms with E-state index in [0.717, 1.165) is 13.0 Å². The molecule has 1 aliphatic rings. The third kappa shape index (κ3) is 2.62. The van der Waals surface area contributed by atoms with Gasteiger partial charge in [-0.05, 0) is 31.2 Å². The summed E-state index contributed by atoms with van der Waals surface area (Å²) in [5, 5.41) is 1.96. The zero-order valence-electron chi connectivity index (χ0n) is 13.2. The van der Waals surface area contributed by atoms with Crippen LogP contribution in [-0.4, -0.2) is 30.6 Å². The fourth-order valence-electron chi connectivity index (χ4n) is 2.55. The van der Waals surface area contributed by atoms with E-state index in [9.17, 15) is 31.2 Å². The number of hydrogen-bond acceptors (Lipinski definition) is 4. The summed E-state index contributed by atoms with van der Waals surface area (Å²) in [6.07, 6.45) is 0. The highest BCUT2D eigenvalue weighted by atomic mass is 32.2. The molecule has 1 N–H and O–H groups in total. The van der Waals surface area contributed by atoms with Crippen LogP contribution in [0.4, 0.5) is 18.9 Å². The molecular formula is C16H11F3N2O4S. The fourth-order valence-corrected chi connectivity index (χ4v) is 4.28. The molecule has 1 heterocycles. The molecule has 26 heavy (non-hydrogen) atoms. The lowest BCUT2D eigenvalue weighted by molar-refractivity contribution is -0.118. The van der Waals surface area contributed by atoms with Crippen molar-refractivity contribution >= 4 is 27.5 Å². The number of nitrogens with one attached hydrogen (secondary N) is 1. The lowest BCUT2D eigenvalue weighted by atomic mass is 10.2. The second kappa shape index (κ2) is 6.13. The molecule has 136 valence electrons. The van der Waals surface area contributed by atoms with Gasteiger partial charge in [-0.1, -0.05) is 12.1 Å². The minimum Gasteiger partial charge on any atom is -0.322 e. The van der Waals surface area contributed by atoms with Crippen LogP contribution in [0.3, 0.4) is 0 Å². The number of hydrogen-bond donors (Lipinski definition) is 1. The zero-order valence-corrected chi connectivity index (χ0v) is 14.0. The topological polar surface area (TPSA) is 83.6 Å². The molecule has 0 spiro atoms. The summed E-state index contributed by atoms with van der Waals surface area (Å²) in [5.74, 6) is -6.85. The van der Waals surface area contributed by atoms with Gasteiger partial charge in [-0.25, -0.2) is 25.9 Å². The highest BCUT2D eigenvalue weighted by molar-refractivity contribution is 7.90. The molecule has 6 nitrogen and oxygen atoms in total. The van der Waals surface area contributed by atoms with Crippen molar-refractivity contribution in [1.82, 2.24) is 4.31 Å². The maximum atomic E-state index is 13.7. The van der Waals surface area contributed by atoms with Gasteiger partial charge in [0.2, 0.25) is 5.91 Å². The van der Waals surface area contributed by atoms with Gasteiger partial charge in [-0.3, -0.25) is 9.59 Å². The van der Waals surface area contributed by atoms with Crippen LogP contribution >= 0.6 is 0 Å². The minimum absolute atomic E-state index is 0.0915. The molecule has 2 aromatic rings. The molecule has 0 radical (unpaired) electrons. The average Bonchev–Trinajstić information content (AvgIpc) is 2.81. The van der Waals surface area contributed by atoms with Crippen LogP contribution in [0.25, 0.3) is 0 Å². The summed E-state index contributed by atoms with van der Waals surface area (Å²) in [7, 11) is -4.26. The van der Waals surface area contributed by atoms with E-state index in [0.29, 0.717) is 10.4 Å². The van der Waals surface area contributed by atoms with Gasteiger partial charge in [0.25, 0.3) is 15.9 Å². The van der Waals surface area contributed by atoms with E-state index in [1.807, 2.05) is 5.32 Å². The molecule has 0 saturated heterocycles. The first-order valence-electron chi connectivity index (χ1n) is 7.28. The van der Waals surface area contributed by atoms with Gasteiger partial charge < -0.3 is 5.32 Å².